The van der Waals surface area contributed by atoms with Gasteiger partial charge in [-0.25, -0.2) is 0 Å². The molecule has 0 aliphatic heterocycles. The van der Waals surface area contributed by atoms with E-state index in [2.05, 4.69) is 39.1 Å². The van der Waals surface area contributed by atoms with E-state index in [1.807, 2.05) is 35.7 Å². The Morgan fingerprint density at radius 3 is 2.76 bits per heavy atom. The fraction of sp³-hybridized carbons (Fsp3) is 0.278. The van der Waals surface area contributed by atoms with Gasteiger partial charge in [0.05, 0.1) is 12.3 Å². The molecular formula is C18H20N4OS2. The second-order valence-electron chi connectivity index (χ2n) is 5.45. The Morgan fingerprint density at radius 1 is 1.20 bits per heavy atom. The van der Waals surface area contributed by atoms with Crippen LogP contribution in [0.2, 0.25) is 0 Å². The second kappa shape index (κ2) is 8.82. The molecule has 25 heavy (non-hydrogen) atoms. The number of amides is 1. The summed E-state index contributed by atoms with van der Waals surface area (Å²) in [7, 11) is 0. The molecule has 3 aromatic rings. The number of benzene rings is 1. The summed E-state index contributed by atoms with van der Waals surface area (Å²) in [6.07, 6.45) is 0.743. The largest absolute Gasteiger partial charge is 0.350 e. The molecule has 3 rings (SSSR count). The number of hydrogen-bond donors (Lipinski definition) is 1. The number of nitrogens with one attached hydrogen (secondary N) is 1. The molecular weight excluding hydrogens is 352 g/mol. The van der Waals surface area contributed by atoms with Crippen LogP contribution in [0.1, 0.15) is 23.2 Å². The average Bonchev–Trinajstić information content (AvgIpc) is 3.28. The number of aromatic nitrogens is 3. The van der Waals surface area contributed by atoms with Crippen molar-refractivity contribution >= 4 is 29.0 Å². The number of thioether (sulfide) groups is 1. The van der Waals surface area contributed by atoms with Gasteiger partial charge >= 0.3 is 0 Å². The molecule has 0 aliphatic rings. The van der Waals surface area contributed by atoms with Gasteiger partial charge in [0.1, 0.15) is 5.82 Å². The fourth-order valence-electron chi connectivity index (χ4n) is 2.43. The van der Waals surface area contributed by atoms with Crippen LogP contribution in [-0.2, 0) is 24.3 Å². The summed E-state index contributed by atoms with van der Waals surface area (Å²) in [6, 6.07) is 14.2. The molecule has 1 N–H and O–H groups in total. The summed E-state index contributed by atoms with van der Waals surface area (Å²) < 4.78 is 2.07. The zero-order chi connectivity index (χ0) is 17.5. The summed E-state index contributed by atoms with van der Waals surface area (Å²) >= 11 is 3.07. The first-order chi connectivity index (χ1) is 12.3. The zero-order valence-corrected chi connectivity index (χ0v) is 15.6. The molecule has 1 aromatic carbocycles. The number of rotatable bonds is 8. The van der Waals surface area contributed by atoms with Gasteiger partial charge in [0.2, 0.25) is 5.91 Å². The average molecular weight is 373 g/mol. The predicted octanol–water partition coefficient (Wildman–Crippen LogP) is 3.36. The smallest absolute Gasteiger partial charge is 0.230 e. The number of nitrogens with zero attached hydrogens (tertiary/aromatic N) is 3. The SMILES string of the molecule is CCn1c(Cc2ccccc2)nnc1SCC(=O)NCc1cccs1. The van der Waals surface area contributed by atoms with Crippen LogP contribution in [0, 0.1) is 0 Å². The Bertz CT molecular complexity index is 800. The highest BCUT2D eigenvalue weighted by molar-refractivity contribution is 7.99. The van der Waals surface area contributed by atoms with Gasteiger partial charge in [0, 0.05) is 17.8 Å². The van der Waals surface area contributed by atoms with Crippen molar-refractivity contribution in [3.63, 3.8) is 0 Å². The molecule has 0 spiro atoms. The maximum Gasteiger partial charge on any atom is 0.230 e. The lowest BCUT2D eigenvalue weighted by atomic mass is 10.1. The molecule has 0 atom stereocenters. The molecule has 0 saturated carbocycles. The highest BCUT2D eigenvalue weighted by atomic mass is 32.2. The van der Waals surface area contributed by atoms with Gasteiger partial charge < -0.3 is 9.88 Å². The fourth-order valence-corrected chi connectivity index (χ4v) is 3.93. The normalized spacial score (nSPS) is 10.8. The molecule has 0 aliphatic carbocycles. The minimum Gasteiger partial charge on any atom is -0.350 e. The van der Waals surface area contributed by atoms with Crippen molar-refractivity contribution in [2.24, 2.45) is 0 Å². The van der Waals surface area contributed by atoms with Crippen LogP contribution >= 0.6 is 23.1 Å². The molecule has 7 heteroatoms. The molecule has 130 valence electrons. The van der Waals surface area contributed by atoms with Crippen LogP contribution in [0.25, 0.3) is 0 Å². The Morgan fingerprint density at radius 2 is 2.04 bits per heavy atom. The minimum atomic E-state index is 0.00802. The molecule has 0 bridgehead atoms. The van der Waals surface area contributed by atoms with Crippen LogP contribution in [0.3, 0.4) is 0 Å². The van der Waals surface area contributed by atoms with E-state index in [1.165, 1.54) is 17.3 Å². The maximum atomic E-state index is 12.0. The predicted molar refractivity (Wildman–Crippen MR) is 102 cm³/mol. The molecule has 1 amide bonds. The van der Waals surface area contributed by atoms with Crippen molar-refractivity contribution in [1.29, 1.82) is 0 Å². The Labute approximate surface area is 155 Å². The first-order valence-corrected chi connectivity index (χ1v) is 10.0. The molecule has 0 radical (unpaired) electrons. The highest BCUT2D eigenvalue weighted by Crippen LogP contribution is 2.18. The van der Waals surface area contributed by atoms with E-state index in [-0.39, 0.29) is 5.91 Å². The van der Waals surface area contributed by atoms with Gasteiger partial charge in [-0.3, -0.25) is 4.79 Å². The van der Waals surface area contributed by atoms with E-state index >= 15 is 0 Å². The van der Waals surface area contributed by atoms with Crippen molar-refractivity contribution in [3.05, 3.63) is 64.1 Å². The third-order valence-electron chi connectivity index (χ3n) is 3.69. The van der Waals surface area contributed by atoms with Crippen molar-refractivity contribution in [1.82, 2.24) is 20.1 Å². The van der Waals surface area contributed by atoms with E-state index < -0.39 is 0 Å². The monoisotopic (exact) mass is 372 g/mol. The standard InChI is InChI=1S/C18H20N4OS2/c1-2-22-16(11-14-7-4-3-5-8-14)20-21-18(22)25-13-17(23)19-12-15-9-6-10-24-15/h3-10H,2,11-13H2,1H3,(H,19,23). The van der Waals surface area contributed by atoms with Gasteiger partial charge in [-0.1, -0.05) is 48.2 Å². The van der Waals surface area contributed by atoms with Crippen LogP contribution < -0.4 is 5.32 Å². The summed E-state index contributed by atoms with van der Waals surface area (Å²) in [5, 5.41) is 14.3. The number of carbonyl (C=O) groups excluding carboxylic acids is 1. The van der Waals surface area contributed by atoms with Gasteiger partial charge in [0.25, 0.3) is 0 Å². The molecule has 5 nitrogen and oxygen atoms in total. The molecule has 0 unspecified atom stereocenters. The quantitative estimate of drug-likeness (QED) is 0.616. The van der Waals surface area contributed by atoms with Crippen LogP contribution in [-0.4, -0.2) is 26.4 Å². The molecule has 0 saturated heterocycles. The van der Waals surface area contributed by atoms with Gasteiger partial charge in [0.15, 0.2) is 5.16 Å². The Balaban J connectivity index is 1.56. The molecule has 2 heterocycles. The lowest BCUT2D eigenvalue weighted by molar-refractivity contribution is -0.118. The number of hydrogen-bond acceptors (Lipinski definition) is 5. The summed E-state index contributed by atoms with van der Waals surface area (Å²) in [5.74, 6) is 1.28. The van der Waals surface area contributed by atoms with E-state index in [9.17, 15) is 4.79 Å². The first kappa shape index (κ1) is 17.7. The lowest BCUT2D eigenvalue weighted by Gasteiger charge is -2.07. The van der Waals surface area contributed by atoms with Crippen LogP contribution in [0.15, 0.2) is 53.0 Å². The van der Waals surface area contributed by atoms with Crippen molar-refractivity contribution in [3.8, 4) is 0 Å². The Hall–Kier alpha value is -2.12. The molecule has 2 aromatic heterocycles. The third-order valence-corrected chi connectivity index (χ3v) is 5.53. The van der Waals surface area contributed by atoms with E-state index in [0.717, 1.165) is 28.8 Å². The van der Waals surface area contributed by atoms with Crippen LogP contribution in [0.4, 0.5) is 0 Å². The topological polar surface area (TPSA) is 59.8 Å². The van der Waals surface area contributed by atoms with Crippen molar-refractivity contribution in [2.45, 2.75) is 31.6 Å². The maximum absolute atomic E-state index is 12.0. The minimum absolute atomic E-state index is 0.00802. The zero-order valence-electron chi connectivity index (χ0n) is 14.0. The van der Waals surface area contributed by atoms with E-state index in [4.69, 9.17) is 0 Å². The van der Waals surface area contributed by atoms with Gasteiger partial charge in [-0.2, -0.15) is 0 Å². The van der Waals surface area contributed by atoms with Gasteiger partial charge in [-0.15, -0.1) is 21.5 Å². The van der Waals surface area contributed by atoms with Gasteiger partial charge in [-0.05, 0) is 23.9 Å². The van der Waals surface area contributed by atoms with Crippen LogP contribution in [0.5, 0.6) is 0 Å². The molecule has 0 fully saturated rings. The lowest BCUT2D eigenvalue weighted by Crippen LogP contribution is -2.24. The summed E-state index contributed by atoms with van der Waals surface area (Å²) in [5.41, 5.74) is 1.20. The number of carbonyl (C=O) groups is 1. The summed E-state index contributed by atoms with van der Waals surface area (Å²) in [6.45, 7) is 3.43. The third kappa shape index (κ3) is 4.93. The highest BCUT2D eigenvalue weighted by Gasteiger charge is 2.13. The summed E-state index contributed by atoms with van der Waals surface area (Å²) in [4.78, 5) is 13.2. The van der Waals surface area contributed by atoms with Crippen molar-refractivity contribution in [2.75, 3.05) is 5.75 Å². The first-order valence-electron chi connectivity index (χ1n) is 8.14. The number of thiophene rings is 1. The van der Waals surface area contributed by atoms with E-state index in [0.29, 0.717) is 12.3 Å². The van der Waals surface area contributed by atoms with E-state index in [1.54, 1.807) is 11.3 Å². The van der Waals surface area contributed by atoms with Crippen molar-refractivity contribution < 1.29 is 4.79 Å². The Kier molecular flexibility index (Phi) is 6.25. The second-order valence-corrected chi connectivity index (χ2v) is 7.42.